The maximum absolute atomic E-state index is 9.51. The summed E-state index contributed by atoms with van der Waals surface area (Å²) in [5.74, 6) is 1.54. The van der Waals surface area contributed by atoms with Crippen LogP contribution in [0.2, 0.25) is 0 Å². The Hall–Kier alpha value is -2.08. The van der Waals surface area contributed by atoms with Crippen LogP contribution in [-0.4, -0.2) is 27.0 Å². The molecule has 6 nitrogen and oxygen atoms in total. The van der Waals surface area contributed by atoms with Crippen molar-refractivity contribution in [2.24, 2.45) is 0 Å². The molecule has 0 aliphatic rings. The molecule has 19 heavy (non-hydrogen) atoms. The SMILES string of the molecule is CCn1cnnc1CNCc1ccc(O)c(OC)c1. The van der Waals surface area contributed by atoms with Crippen LogP contribution in [0.4, 0.5) is 0 Å². The van der Waals surface area contributed by atoms with Gasteiger partial charge in [-0.3, -0.25) is 0 Å². The summed E-state index contributed by atoms with van der Waals surface area (Å²) < 4.78 is 7.06. The van der Waals surface area contributed by atoms with E-state index in [2.05, 4.69) is 22.4 Å². The largest absolute Gasteiger partial charge is 0.504 e. The van der Waals surface area contributed by atoms with Crippen LogP contribution < -0.4 is 10.1 Å². The van der Waals surface area contributed by atoms with Gasteiger partial charge in [-0.1, -0.05) is 6.07 Å². The number of methoxy groups -OCH3 is 1. The van der Waals surface area contributed by atoms with Gasteiger partial charge in [0.2, 0.25) is 0 Å². The molecule has 0 bridgehead atoms. The summed E-state index contributed by atoms with van der Waals surface area (Å²) in [6.07, 6.45) is 1.72. The topological polar surface area (TPSA) is 72.2 Å². The number of hydrogen-bond donors (Lipinski definition) is 2. The van der Waals surface area contributed by atoms with Crippen molar-refractivity contribution in [2.45, 2.75) is 26.6 Å². The minimum atomic E-state index is 0.150. The lowest BCUT2D eigenvalue weighted by molar-refractivity contribution is 0.372. The van der Waals surface area contributed by atoms with Gasteiger partial charge in [-0.25, -0.2) is 0 Å². The molecular formula is C13H18N4O2. The van der Waals surface area contributed by atoms with Crippen LogP contribution in [0.15, 0.2) is 24.5 Å². The first-order valence-corrected chi connectivity index (χ1v) is 6.18. The van der Waals surface area contributed by atoms with Gasteiger partial charge < -0.3 is 19.7 Å². The highest BCUT2D eigenvalue weighted by Gasteiger charge is 2.04. The number of aromatic nitrogens is 3. The fourth-order valence-electron chi connectivity index (χ4n) is 1.83. The predicted octanol–water partition coefficient (Wildman–Crippen LogP) is 1.30. The van der Waals surface area contributed by atoms with Crippen LogP contribution in [0.1, 0.15) is 18.3 Å². The van der Waals surface area contributed by atoms with Crippen LogP contribution in [-0.2, 0) is 19.6 Å². The first-order chi connectivity index (χ1) is 9.24. The van der Waals surface area contributed by atoms with Crippen LogP contribution in [0.3, 0.4) is 0 Å². The predicted molar refractivity (Wildman–Crippen MR) is 70.9 cm³/mol. The molecule has 1 aromatic carbocycles. The van der Waals surface area contributed by atoms with E-state index in [1.807, 2.05) is 16.7 Å². The second kappa shape index (κ2) is 6.19. The average Bonchev–Trinajstić information content (AvgIpc) is 2.88. The monoisotopic (exact) mass is 262 g/mol. The van der Waals surface area contributed by atoms with Gasteiger partial charge >= 0.3 is 0 Å². The highest BCUT2D eigenvalue weighted by molar-refractivity contribution is 5.41. The second-order valence-electron chi connectivity index (χ2n) is 4.14. The molecule has 102 valence electrons. The molecule has 0 aliphatic carbocycles. The number of nitrogens with one attached hydrogen (secondary N) is 1. The summed E-state index contributed by atoms with van der Waals surface area (Å²) in [5, 5.41) is 20.7. The smallest absolute Gasteiger partial charge is 0.160 e. The van der Waals surface area contributed by atoms with Crippen molar-refractivity contribution in [1.29, 1.82) is 0 Å². The van der Waals surface area contributed by atoms with Crippen LogP contribution in [0.25, 0.3) is 0 Å². The fourth-order valence-corrected chi connectivity index (χ4v) is 1.83. The number of aromatic hydroxyl groups is 1. The molecule has 0 saturated carbocycles. The summed E-state index contributed by atoms with van der Waals surface area (Å²) in [6, 6.07) is 5.30. The Balaban J connectivity index is 1.92. The number of ether oxygens (including phenoxy) is 1. The summed E-state index contributed by atoms with van der Waals surface area (Å²) in [5.41, 5.74) is 1.04. The second-order valence-corrected chi connectivity index (χ2v) is 4.14. The van der Waals surface area contributed by atoms with Crippen LogP contribution in [0, 0.1) is 0 Å². The van der Waals surface area contributed by atoms with Gasteiger partial charge in [0.05, 0.1) is 13.7 Å². The molecule has 0 atom stereocenters. The number of benzene rings is 1. The van der Waals surface area contributed by atoms with Gasteiger partial charge in [-0.2, -0.15) is 0 Å². The Labute approximate surface area is 112 Å². The van der Waals surface area contributed by atoms with E-state index in [9.17, 15) is 5.11 Å². The molecule has 0 unspecified atom stereocenters. The zero-order valence-electron chi connectivity index (χ0n) is 11.1. The Morgan fingerprint density at radius 1 is 1.37 bits per heavy atom. The van der Waals surface area contributed by atoms with Gasteiger partial charge in [0.15, 0.2) is 11.5 Å². The van der Waals surface area contributed by atoms with Crippen LogP contribution in [0.5, 0.6) is 11.5 Å². The molecule has 0 amide bonds. The maximum Gasteiger partial charge on any atom is 0.160 e. The van der Waals surface area contributed by atoms with Crippen molar-refractivity contribution in [2.75, 3.05) is 7.11 Å². The van der Waals surface area contributed by atoms with E-state index in [0.29, 0.717) is 18.8 Å². The molecule has 1 heterocycles. The van der Waals surface area contributed by atoms with Crippen molar-refractivity contribution in [3.63, 3.8) is 0 Å². The van der Waals surface area contributed by atoms with Gasteiger partial charge in [0.1, 0.15) is 12.2 Å². The molecule has 2 N–H and O–H groups in total. The minimum Gasteiger partial charge on any atom is -0.504 e. The fraction of sp³-hybridized carbons (Fsp3) is 0.385. The van der Waals surface area contributed by atoms with E-state index < -0.39 is 0 Å². The molecule has 2 rings (SSSR count). The summed E-state index contributed by atoms with van der Waals surface area (Å²) in [7, 11) is 1.54. The highest BCUT2D eigenvalue weighted by Crippen LogP contribution is 2.26. The molecule has 2 aromatic rings. The maximum atomic E-state index is 9.51. The summed E-state index contributed by atoms with van der Waals surface area (Å²) >= 11 is 0. The van der Waals surface area contributed by atoms with E-state index in [-0.39, 0.29) is 5.75 Å². The Morgan fingerprint density at radius 2 is 2.21 bits per heavy atom. The van der Waals surface area contributed by atoms with E-state index >= 15 is 0 Å². The summed E-state index contributed by atoms with van der Waals surface area (Å²) in [4.78, 5) is 0. The zero-order valence-corrected chi connectivity index (χ0v) is 11.1. The normalized spacial score (nSPS) is 10.6. The first-order valence-electron chi connectivity index (χ1n) is 6.18. The average molecular weight is 262 g/mol. The zero-order chi connectivity index (χ0) is 13.7. The lowest BCUT2D eigenvalue weighted by Crippen LogP contribution is -2.16. The van der Waals surface area contributed by atoms with E-state index in [1.54, 1.807) is 12.4 Å². The van der Waals surface area contributed by atoms with Crippen molar-refractivity contribution in [1.82, 2.24) is 20.1 Å². The number of nitrogens with zero attached hydrogens (tertiary/aromatic N) is 3. The van der Waals surface area contributed by atoms with E-state index in [4.69, 9.17) is 4.74 Å². The number of phenolic OH excluding ortho intramolecular Hbond substituents is 1. The minimum absolute atomic E-state index is 0.150. The Morgan fingerprint density at radius 3 is 2.95 bits per heavy atom. The molecule has 6 heteroatoms. The molecule has 0 spiro atoms. The quantitative estimate of drug-likeness (QED) is 0.821. The molecule has 0 aliphatic heterocycles. The molecule has 0 saturated heterocycles. The Kier molecular flexibility index (Phi) is 4.35. The molecule has 0 radical (unpaired) electrons. The van der Waals surface area contributed by atoms with E-state index in [1.165, 1.54) is 7.11 Å². The molecular weight excluding hydrogens is 244 g/mol. The third-order valence-corrected chi connectivity index (χ3v) is 2.89. The number of rotatable bonds is 6. The van der Waals surface area contributed by atoms with Crippen molar-refractivity contribution >= 4 is 0 Å². The van der Waals surface area contributed by atoms with Crippen molar-refractivity contribution in [3.05, 3.63) is 35.9 Å². The third-order valence-electron chi connectivity index (χ3n) is 2.89. The molecule has 0 fully saturated rings. The molecule has 1 aromatic heterocycles. The van der Waals surface area contributed by atoms with Gasteiger partial charge in [-0.15, -0.1) is 10.2 Å². The standard InChI is InChI=1S/C13H18N4O2/c1-3-17-9-15-16-13(17)8-14-7-10-4-5-11(18)12(6-10)19-2/h4-6,9,14,18H,3,7-8H2,1-2H3. The van der Waals surface area contributed by atoms with Crippen LogP contribution >= 0.6 is 0 Å². The van der Waals surface area contributed by atoms with Gasteiger partial charge in [-0.05, 0) is 24.6 Å². The van der Waals surface area contributed by atoms with Gasteiger partial charge in [0, 0.05) is 13.1 Å². The summed E-state index contributed by atoms with van der Waals surface area (Å²) in [6.45, 7) is 4.24. The number of hydrogen-bond acceptors (Lipinski definition) is 5. The van der Waals surface area contributed by atoms with Crippen molar-refractivity contribution in [3.8, 4) is 11.5 Å². The number of aryl methyl sites for hydroxylation is 1. The third kappa shape index (κ3) is 3.23. The number of phenols is 1. The highest BCUT2D eigenvalue weighted by atomic mass is 16.5. The lowest BCUT2D eigenvalue weighted by Gasteiger charge is -2.08. The Bertz CT molecular complexity index is 539. The van der Waals surface area contributed by atoms with Crippen molar-refractivity contribution < 1.29 is 9.84 Å². The van der Waals surface area contributed by atoms with E-state index in [0.717, 1.165) is 17.9 Å². The lowest BCUT2D eigenvalue weighted by atomic mass is 10.2. The first kappa shape index (κ1) is 13.4. The van der Waals surface area contributed by atoms with Gasteiger partial charge in [0.25, 0.3) is 0 Å².